The lowest BCUT2D eigenvalue weighted by atomic mass is 10.2. The Balaban J connectivity index is 0.000001000. The van der Waals surface area contributed by atoms with Crippen molar-refractivity contribution in [3.63, 3.8) is 0 Å². The van der Waals surface area contributed by atoms with E-state index in [0.717, 1.165) is 0 Å². The molecule has 0 aromatic carbocycles. The number of hydrogen-bond acceptors (Lipinski definition) is 4. The molecule has 0 spiro atoms. The Hall–Kier alpha value is -0.320. The van der Waals surface area contributed by atoms with E-state index in [1.807, 2.05) is 0 Å². The van der Waals surface area contributed by atoms with Gasteiger partial charge in [0.15, 0.2) is 6.10 Å². The van der Waals surface area contributed by atoms with Crippen LogP contribution in [-0.4, -0.2) is 31.8 Å². The van der Waals surface area contributed by atoms with E-state index in [9.17, 15) is 4.79 Å². The number of hydrogen-bond donors (Lipinski definition) is 1. The second-order valence-electron chi connectivity index (χ2n) is 2.34. The van der Waals surface area contributed by atoms with Gasteiger partial charge in [-0.05, 0) is 0 Å². The normalized spacial score (nSPS) is 29.3. The molecular formula is C6H12ClNO3. The second-order valence-corrected chi connectivity index (χ2v) is 2.34. The van der Waals surface area contributed by atoms with Crippen molar-refractivity contribution in [2.75, 3.05) is 13.7 Å². The topological polar surface area (TPSA) is 61.5 Å². The molecule has 0 radical (unpaired) electrons. The predicted octanol–water partition coefficient (Wildman–Crippen LogP) is -0.303. The zero-order valence-corrected chi connectivity index (χ0v) is 7.10. The molecule has 0 aromatic rings. The van der Waals surface area contributed by atoms with Gasteiger partial charge in [-0.1, -0.05) is 0 Å². The molecule has 2 atom stereocenters. The summed E-state index contributed by atoms with van der Waals surface area (Å²) in [6.45, 7) is 0.458. The van der Waals surface area contributed by atoms with Gasteiger partial charge in [-0.3, -0.25) is 0 Å². The summed E-state index contributed by atoms with van der Waals surface area (Å²) in [5.41, 5.74) is 5.48. The molecule has 0 aromatic heterocycles. The number of methoxy groups -OCH3 is 1. The van der Waals surface area contributed by atoms with Crippen LogP contribution >= 0.6 is 12.4 Å². The standard InChI is InChI=1S/C6H11NO3.ClH/c1-9-6(8)5-2-4(7)3-10-5;/h4-5H,2-3,7H2,1H3;1H/t4-,5-;/m1./s1. The minimum Gasteiger partial charge on any atom is -0.467 e. The van der Waals surface area contributed by atoms with Crippen LogP contribution in [0.15, 0.2) is 0 Å². The first kappa shape index (κ1) is 10.7. The summed E-state index contributed by atoms with van der Waals surface area (Å²) in [6, 6.07) is -0.0101. The van der Waals surface area contributed by atoms with Crippen molar-refractivity contribution >= 4 is 18.4 Å². The SMILES string of the molecule is COC(=O)[C@H]1C[C@@H](N)CO1.Cl. The quantitative estimate of drug-likeness (QED) is 0.565. The van der Waals surface area contributed by atoms with Gasteiger partial charge in [-0.15, -0.1) is 12.4 Å². The van der Waals surface area contributed by atoms with Gasteiger partial charge in [0.2, 0.25) is 0 Å². The highest BCUT2D eigenvalue weighted by atomic mass is 35.5. The maximum atomic E-state index is 10.8. The van der Waals surface area contributed by atoms with Crippen LogP contribution in [0.4, 0.5) is 0 Å². The van der Waals surface area contributed by atoms with Crippen molar-refractivity contribution in [1.82, 2.24) is 0 Å². The molecule has 1 rings (SSSR count). The van der Waals surface area contributed by atoms with Crippen LogP contribution in [0.1, 0.15) is 6.42 Å². The minimum absolute atomic E-state index is 0. The number of carbonyl (C=O) groups is 1. The first-order valence-electron chi connectivity index (χ1n) is 3.19. The highest BCUT2D eigenvalue weighted by Crippen LogP contribution is 2.11. The molecule has 0 aliphatic carbocycles. The van der Waals surface area contributed by atoms with E-state index < -0.39 is 6.10 Å². The zero-order valence-electron chi connectivity index (χ0n) is 6.28. The Bertz CT molecular complexity index is 142. The van der Waals surface area contributed by atoms with Gasteiger partial charge in [0.1, 0.15) is 0 Å². The maximum Gasteiger partial charge on any atom is 0.335 e. The third-order valence-corrected chi connectivity index (χ3v) is 1.49. The zero-order chi connectivity index (χ0) is 7.56. The molecule has 4 nitrogen and oxygen atoms in total. The number of ether oxygens (including phenoxy) is 2. The molecule has 0 amide bonds. The Morgan fingerprint density at radius 3 is 2.73 bits per heavy atom. The van der Waals surface area contributed by atoms with E-state index in [2.05, 4.69) is 4.74 Å². The largest absolute Gasteiger partial charge is 0.467 e. The molecule has 0 bridgehead atoms. The second kappa shape index (κ2) is 4.54. The highest BCUT2D eigenvalue weighted by Gasteiger charge is 2.29. The molecule has 1 aliphatic rings. The van der Waals surface area contributed by atoms with Gasteiger partial charge in [0, 0.05) is 12.5 Å². The summed E-state index contributed by atoms with van der Waals surface area (Å²) in [6.07, 6.45) is 0.146. The van der Waals surface area contributed by atoms with Gasteiger partial charge in [0.25, 0.3) is 0 Å². The highest BCUT2D eigenvalue weighted by molar-refractivity contribution is 5.85. The van der Waals surface area contributed by atoms with Crippen LogP contribution in [0.5, 0.6) is 0 Å². The van der Waals surface area contributed by atoms with Crippen LogP contribution in [-0.2, 0) is 14.3 Å². The summed E-state index contributed by atoms with van der Waals surface area (Å²) in [5, 5.41) is 0. The lowest BCUT2D eigenvalue weighted by Gasteiger charge is -2.04. The third-order valence-electron chi connectivity index (χ3n) is 1.49. The molecule has 1 saturated heterocycles. The number of esters is 1. The summed E-state index contributed by atoms with van der Waals surface area (Å²) in [4.78, 5) is 10.8. The van der Waals surface area contributed by atoms with Crippen molar-refractivity contribution in [3.05, 3.63) is 0 Å². The molecule has 0 unspecified atom stereocenters. The Labute approximate surface area is 71.4 Å². The molecule has 66 valence electrons. The van der Waals surface area contributed by atoms with E-state index in [4.69, 9.17) is 10.5 Å². The van der Waals surface area contributed by atoms with Gasteiger partial charge in [-0.25, -0.2) is 4.79 Å². The number of nitrogens with two attached hydrogens (primary N) is 1. The van der Waals surface area contributed by atoms with E-state index in [0.29, 0.717) is 13.0 Å². The van der Waals surface area contributed by atoms with E-state index in [1.165, 1.54) is 7.11 Å². The van der Waals surface area contributed by atoms with Crippen LogP contribution in [0.2, 0.25) is 0 Å². The minimum atomic E-state index is -0.431. The van der Waals surface area contributed by atoms with Gasteiger partial charge < -0.3 is 15.2 Å². The summed E-state index contributed by atoms with van der Waals surface area (Å²) in [5.74, 6) is -0.326. The Kier molecular flexibility index (Phi) is 4.40. The molecular weight excluding hydrogens is 170 g/mol. The summed E-state index contributed by atoms with van der Waals surface area (Å²) >= 11 is 0. The van der Waals surface area contributed by atoms with Gasteiger partial charge in [0.05, 0.1) is 13.7 Å². The molecule has 0 saturated carbocycles. The molecule has 1 aliphatic heterocycles. The molecule has 5 heteroatoms. The third kappa shape index (κ3) is 2.65. The van der Waals surface area contributed by atoms with E-state index >= 15 is 0 Å². The molecule has 1 fully saturated rings. The fraction of sp³-hybridized carbons (Fsp3) is 0.833. The van der Waals surface area contributed by atoms with E-state index in [1.54, 1.807) is 0 Å². The Morgan fingerprint density at radius 1 is 1.73 bits per heavy atom. The number of carbonyl (C=O) groups excluding carboxylic acids is 1. The fourth-order valence-corrected chi connectivity index (χ4v) is 0.947. The number of halogens is 1. The van der Waals surface area contributed by atoms with Crippen molar-refractivity contribution in [3.8, 4) is 0 Å². The van der Waals surface area contributed by atoms with Crippen molar-refractivity contribution in [2.24, 2.45) is 5.73 Å². The first-order chi connectivity index (χ1) is 4.74. The van der Waals surface area contributed by atoms with Crippen molar-refractivity contribution < 1.29 is 14.3 Å². The van der Waals surface area contributed by atoms with Crippen molar-refractivity contribution in [1.29, 1.82) is 0 Å². The predicted molar refractivity (Wildman–Crippen MR) is 41.6 cm³/mol. The first-order valence-corrected chi connectivity index (χ1v) is 3.19. The molecule has 1 heterocycles. The lowest BCUT2D eigenvalue weighted by molar-refractivity contribution is -0.151. The number of rotatable bonds is 1. The monoisotopic (exact) mass is 181 g/mol. The smallest absolute Gasteiger partial charge is 0.335 e. The molecule has 2 N–H and O–H groups in total. The van der Waals surface area contributed by atoms with Crippen molar-refractivity contribution in [2.45, 2.75) is 18.6 Å². The molecule has 11 heavy (non-hydrogen) atoms. The average Bonchev–Trinajstić information content (AvgIpc) is 2.34. The van der Waals surface area contributed by atoms with Crippen LogP contribution in [0.3, 0.4) is 0 Å². The maximum absolute atomic E-state index is 10.8. The summed E-state index contributed by atoms with van der Waals surface area (Å²) in [7, 11) is 1.34. The fourth-order valence-electron chi connectivity index (χ4n) is 0.947. The average molecular weight is 182 g/mol. The van der Waals surface area contributed by atoms with Crippen LogP contribution in [0.25, 0.3) is 0 Å². The van der Waals surface area contributed by atoms with Crippen LogP contribution < -0.4 is 5.73 Å². The van der Waals surface area contributed by atoms with E-state index in [-0.39, 0.29) is 24.4 Å². The van der Waals surface area contributed by atoms with Crippen LogP contribution in [0, 0.1) is 0 Å². The Morgan fingerprint density at radius 2 is 2.36 bits per heavy atom. The van der Waals surface area contributed by atoms with Gasteiger partial charge >= 0.3 is 5.97 Å². The van der Waals surface area contributed by atoms with Gasteiger partial charge in [-0.2, -0.15) is 0 Å². The lowest BCUT2D eigenvalue weighted by Crippen LogP contribution is -2.23. The summed E-state index contributed by atoms with van der Waals surface area (Å²) < 4.78 is 9.48.